The number of carbonyl (C=O) groups is 3. The van der Waals surface area contributed by atoms with Gasteiger partial charge in [-0.3, -0.25) is 9.59 Å². The summed E-state index contributed by atoms with van der Waals surface area (Å²) >= 11 is 5.97. The number of nitrogens with zero attached hydrogens (tertiary/aromatic N) is 1. The first-order valence-corrected chi connectivity index (χ1v) is 8.05. The molecule has 1 aliphatic heterocycles. The number of piperidine rings is 1. The smallest absolute Gasteiger partial charge is 0.331 e. The van der Waals surface area contributed by atoms with Gasteiger partial charge in [-0.15, -0.1) is 0 Å². The molecule has 0 radical (unpaired) electrons. The Morgan fingerprint density at radius 3 is 2.75 bits per heavy atom. The van der Waals surface area contributed by atoms with E-state index in [9.17, 15) is 14.4 Å². The van der Waals surface area contributed by atoms with Crippen LogP contribution in [-0.2, 0) is 19.1 Å². The number of hydrogen-bond acceptors (Lipinski definition) is 4. The quantitative estimate of drug-likeness (QED) is 0.647. The molecular weight excluding hydrogens is 332 g/mol. The van der Waals surface area contributed by atoms with Crippen LogP contribution in [0.2, 0.25) is 5.02 Å². The summed E-state index contributed by atoms with van der Waals surface area (Å²) in [4.78, 5) is 36.6. The zero-order valence-electron chi connectivity index (χ0n) is 13.1. The maximum Gasteiger partial charge on any atom is 0.331 e. The largest absolute Gasteiger partial charge is 0.452 e. The van der Waals surface area contributed by atoms with Crippen molar-refractivity contribution in [3.05, 3.63) is 40.9 Å². The van der Waals surface area contributed by atoms with Gasteiger partial charge >= 0.3 is 5.97 Å². The second-order valence-corrected chi connectivity index (χ2v) is 5.87. The Labute approximate surface area is 145 Å². The number of rotatable bonds is 5. The van der Waals surface area contributed by atoms with E-state index in [1.165, 1.54) is 17.1 Å². The van der Waals surface area contributed by atoms with E-state index in [0.717, 1.165) is 12.8 Å². The number of likely N-dealkylation sites (tertiary alicyclic amines) is 1. The fraction of sp³-hybridized carbons (Fsp3) is 0.353. The second kappa shape index (κ2) is 8.49. The maximum atomic E-state index is 12.1. The van der Waals surface area contributed by atoms with Crippen molar-refractivity contribution in [2.45, 2.75) is 25.3 Å². The van der Waals surface area contributed by atoms with Gasteiger partial charge in [0.2, 0.25) is 5.91 Å². The number of primary amides is 1. The lowest BCUT2D eigenvalue weighted by Gasteiger charge is -2.33. The summed E-state index contributed by atoms with van der Waals surface area (Å²) in [5, 5.41) is 0.509. The first-order chi connectivity index (χ1) is 11.5. The van der Waals surface area contributed by atoms with Crippen LogP contribution in [0.4, 0.5) is 0 Å². The van der Waals surface area contributed by atoms with Crippen LogP contribution >= 0.6 is 11.6 Å². The maximum absolute atomic E-state index is 12.1. The van der Waals surface area contributed by atoms with Gasteiger partial charge in [0.1, 0.15) is 6.04 Å². The number of benzene rings is 1. The van der Waals surface area contributed by atoms with E-state index in [0.29, 0.717) is 23.6 Å². The van der Waals surface area contributed by atoms with Crippen molar-refractivity contribution in [3.63, 3.8) is 0 Å². The van der Waals surface area contributed by atoms with Gasteiger partial charge in [-0.1, -0.05) is 29.8 Å². The van der Waals surface area contributed by atoms with Crippen molar-refractivity contribution >= 4 is 35.5 Å². The Bertz CT molecular complexity index is 660. The van der Waals surface area contributed by atoms with Crippen molar-refractivity contribution in [2.24, 2.45) is 5.73 Å². The predicted octanol–water partition coefficient (Wildman–Crippen LogP) is 1.76. The molecule has 7 heteroatoms. The van der Waals surface area contributed by atoms with Crippen molar-refractivity contribution < 1.29 is 19.1 Å². The molecule has 1 saturated heterocycles. The van der Waals surface area contributed by atoms with Crippen LogP contribution in [0, 0.1) is 0 Å². The number of halogens is 1. The third-order valence-electron chi connectivity index (χ3n) is 3.79. The first kappa shape index (κ1) is 18.0. The molecule has 0 bridgehead atoms. The van der Waals surface area contributed by atoms with E-state index in [1.54, 1.807) is 24.3 Å². The van der Waals surface area contributed by atoms with Gasteiger partial charge in [-0.05, 0) is 37.0 Å². The highest BCUT2D eigenvalue weighted by atomic mass is 35.5. The van der Waals surface area contributed by atoms with Gasteiger partial charge in [0.25, 0.3) is 5.91 Å². The Balaban J connectivity index is 1.88. The fourth-order valence-electron chi connectivity index (χ4n) is 2.56. The summed E-state index contributed by atoms with van der Waals surface area (Å²) in [7, 11) is 0. The van der Waals surface area contributed by atoms with Gasteiger partial charge in [0, 0.05) is 17.6 Å². The van der Waals surface area contributed by atoms with Crippen LogP contribution < -0.4 is 5.73 Å². The molecule has 0 saturated carbocycles. The highest BCUT2D eigenvalue weighted by molar-refractivity contribution is 6.32. The molecule has 2 amide bonds. The molecule has 2 rings (SSSR count). The van der Waals surface area contributed by atoms with Crippen molar-refractivity contribution in [1.29, 1.82) is 0 Å². The Kier molecular flexibility index (Phi) is 6.37. The number of hydrogen-bond donors (Lipinski definition) is 1. The molecule has 0 aliphatic carbocycles. The molecule has 1 fully saturated rings. The average Bonchev–Trinajstić information content (AvgIpc) is 2.59. The van der Waals surface area contributed by atoms with Crippen LogP contribution in [-0.4, -0.2) is 41.9 Å². The lowest BCUT2D eigenvalue weighted by atomic mass is 10.0. The summed E-state index contributed by atoms with van der Waals surface area (Å²) in [5.74, 6) is -1.61. The Hall–Kier alpha value is -2.34. The van der Waals surface area contributed by atoms with E-state index in [2.05, 4.69) is 0 Å². The molecule has 1 aromatic carbocycles. The highest BCUT2D eigenvalue weighted by Crippen LogP contribution is 2.17. The van der Waals surface area contributed by atoms with E-state index >= 15 is 0 Å². The molecule has 128 valence electrons. The summed E-state index contributed by atoms with van der Waals surface area (Å²) in [5.41, 5.74) is 5.99. The minimum atomic E-state index is -0.657. The van der Waals surface area contributed by atoms with Crippen molar-refractivity contribution in [2.75, 3.05) is 13.2 Å². The summed E-state index contributed by atoms with van der Waals surface area (Å²) in [6, 6.07) is 6.41. The zero-order valence-corrected chi connectivity index (χ0v) is 13.9. The van der Waals surface area contributed by atoms with Gasteiger partial charge in [0.05, 0.1) is 0 Å². The monoisotopic (exact) mass is 350 g/mol. The lowest BCUT2D eigenvalue weighted by Crippen LogP contribution is -2.51. The minimum absolute atomic E-state index is 0.419. The molecule has 6 nitrogen and oxygen atoms in total. The molecule has 1 heterocycles. The predicted molar refractivity (Wildman–Crippen MR) is 90.0 cm³/mol. The number of carbonyl (C=O) groups excluding carboxylic acids is 3. The van der Waals surface area contributed by atoms with Gasteiger partial charge in [-0.2, -0.15) is 0 Å². The van der Waals surface area contributed by atoms with E-state index in [1.807, 2.05) is 0 Å². The van der Waals surface area contributed by atoms with Crippen LogP contribution in [0.5, 0.6) is 0 Å². The number of ether oxygens (including phenoxy) is 1. The lowest BCUT2D eigenvalue weighted by molar-refractivity contribution is -0.151. The number of amides is 2. The molecule has 1 aliphatic rings. The molecule has 0 aromatic heterocycles. The molecule has 1 aromatic rings. The molecule has 1 atom stereocenters. The average molecular weight is 351 g/mol. The summed E-state index contributed by atoms with van der Waals surface area (Å²) in [6.45, 7) is 0.0227. The van der Waals surface area contributed by atoms with Gasteiger partial charge in [0.15, 0.2) is 6.61 Å². The van der Waals surface area contributed by atoms with E-state index < -0.39 is 30.4 Å². The molecule has 24 heavy (non-hydrogen) atoms. The third kappa shape index (κ3) is 4.83. The van der Waals surface area contributed by atoms with Crippen LogP contribution in [0.25, 0.3) is 6.08 Å². The highest BCUT2D eigenvalue weighted by Gasteiger charge is 2.30. The SMILES string of the molecule is NC(=O)[C@H]1CCCCN1C(=O)COC(=O)/C=C/c1ccccc1Cl. The van der Waals surface area contributed by atoms with Gasteiger partial charge in [-0.25, -0.2) is 4.79 Å². The second-order valence-electron chi connectivity index (χ2n) is 5.46. The molecule has 0 spiro atoms. The Morgan fingerprint density at radius 2 is 2.04 bits per heavy atom. The van der Waals surface area contributed by atoms with Crippen LogP contribution in [0.1, 0.15) is 24.8 Å². The number of nitrogens with two attached hydrogens (primary N) is 1. The molecule has 0 unspecified atom stereocenters. The fourth-order valence-corrected chi connectivity index (χ4v) is 2.76. The van der Waals surface area contributed by atoms with Gasteiger partial charge < -0.3 is 15.4 Å². The minimum Gasteiger partial charge on any atom is -0.452 e. The summed E-state index contributed by atoms with van der Waals surface area (Å²) < 4.78 is 4.93. The summed E-state index contributed by atoms with van der Waals surface area (Å²) in [6.07, 6.45) is 4.91. The normalized spacial score (nSPS) is 17.7. The van der Waals surface area contributed by atoms with Crippen LogP contribution in [0.3, 0.4) is 0 Å². The van der Waals surface area contributed by atoms with Crippen molar-refractivity contribution in [3.8, 4) is 0 Å². The molecular formula is C17H19ClN2O4. The molecule has 2 N–H and O–H groups in total. The standard InChI is InChI=1S/C17H19ClN2O4/c18-13-6-2-1-5-12(13)8-9-16(22)24-11-15(21)20-10-4-3-7-14(20)17(19)23/h1-2,5-6,8-9,14H,3-4,7,10-11H2,(H2,19,23)/b9-8+/t14-/m1/s1. The topological polar surface area (TPSA) is 89.7 Å². The van der Waals surface area contributed by atoms with E-state index in [-0.39, 0.29) is 0 Å². The van der Waals surface area contributed by atoms with Crippen LogP contribution in [0.15, 0.2) is 30.3 Å². The zero-order chi connectivity index (χ0) is 17.5. The van der Waals surface area contributed by atoms with Crippen molar-refractivity contribution in [1.82, 2.24) is 4.90 Å². The first-order valence-electron chi connectivity index (χ1n) is 7.67. The Morgan fingerprint density at radius 1 is 1.29 bits per heavy atom. The third-order valence-corrected chi connectivity index (χ3v) is 4.14. The van der Waals surface area contributed by atoms with E-state index in [4.69, 9.17) is 22.1 Å². The number of esters is 1.